The van der Waals surface area contributed by atoms with Crippen molar-refractivity contribution in [2.24, 2.45) is 20.5 Å². The standard InChI is InChI=1S/C30H38N16O4/c1-7-9-11-17-23(37-41-27-21(29(47)49-5)15(3)35-39-27)25(31)45(43-17)19-13-20(34-14-33-19)46-26(32)24(18(44-46)12-10-8-2)38-42-28-22(30(48)50-6)16(4)36-40-28/h13-14H,7-12,31-32H2,1-6H3,(H,35,39)(H,36,40). The Bertz CT molecular complexity index is 1930. The van der Waals surface area contributed by atoms with Crippen molar-refractivity contribution in [3.05, 3.63) is 46.3 Å². The fraction of sp³-hybridized carbons (Fsp3) is 0.400. The summed E-state index contributed by atoms with van der Waals surface area (Å²) in [7, 11) is 2.54. The number of carbonyl (C=O) groups excluding carboxylic acids is 2. The van der Waals surface area contributed by atoms with Crippen LogP contribution in [0.4, 0.5) is 34.6 Å². The van der Waals surface area contributed by atoms with Crippen LogP contribution in [0.15, 0.2) is 32.9 Å². The van der Waals surface area contributed by atoms with Crippen molar-refractivity contribution in [2.45, 2.75) is 66.2 Å². The van der Waals surface area contributed by atoms with Crippen molar-refractivity contribution in [2.75, 3.05) is 25.7 Å². The minimum absolute atomic E-state index is 0.123. The highest BCUT2D eigenvalue weighted by Gasteiger charge is 2.24. The number of azo groups is 2. The van der Waals surface area contributed by atoms with E-state index in [1.807, 2.05) is 0 Å². The number of nitrogens with one attached hydrogen (secondary N) is 2. The molecule has 0 fully saturated rings. The molecule has 262 valence electrons. The van der Waals surface area contributed by atoms with Crippen LogP contribution in [0, 0.1) is 13.8 Å². The number of H-pyrrole nitrogens is 2. The number of nitrogen functional groups attached to an aromatic ring is 2. The Labute approximate surface area is 285 Å². The smallest absolute Gasteiger partial charge is 0.343 e. The van der Waals surface area contributed by atoms with Crippen LogP contribution >= 0.6 is 0 Å². The molecule has 0 spiro atoms. The van der Waals surface area contributed by atoms with E-state index in [9.17, 15) is 9.59 Å². The third kappa shape index (κ3) is 6.93. The second kappa shape index (κ2) is 15.3. The molecular weight excluding hydrogens is 648 g/mol. The molecule has 50 heavy (non-hydrogen) atoms. The first-order chi connectivity index (χ1) is 24.1. The van der Waals surface area contributed by atoms with Gasteiger partial charge in [-0.1, -0.05) is 26.7 Å². The van der Waals surface area contributed by atoms with E-state index in [0.717, 1.165) is 25.7 Å². The molecule has 0 atom stereocenters. The minimum atomic E-state index is -0.601. The number of aromatic amines is 2. The summed E-state index contributed by atoms with van der Waals surface area (Å²) in [4.78, 5) is 33.4. The fourth-order valence-electron chi connectivity index (χ4n) is 4.98. The van der Waals surface area contributed by atoms with Crippen molar-refractivity contribution in [1.82, 2.24) is 49.9 Å². The molecule has 0 bridgehead atoms. The Balaban J connectivity index is 1.54. The lowest BCUT2D eigenvalue weighted by atomic mass is 10.2. The summed E-state index contributed by atoms with van der Waals surface area (Å²) >= 11 is 0. The van der Waals surface area contributed by atoms with E-state index in [1.54, 1.807) is 19.9 Å². The maximum absolute atomic E-state index is 12.3. The fourth-order valence-corrected chi connectivity index (χ4v) is 4.98. The van der Waals surface area contributed by atoms with Crippen LogP contribution in [0.25, 0.3) is 11.6 Å². The molecule has 5 aromatic heterocycles. The summed E-state index contributed by atoms with van der Waals surface area (Å²) in [6, 6.07) is 1.61. The Kier molecular flexibility index (Phi) is 10.7. The molecule has 0 radical (unpaired) electrons. The number of anilines is 2. The monoisotopic (exact) mass is 686 g/mol. The third-order valence-corrected chi connectivity index (χ3v) is 7.67. The van der Waals surface area contributed by atoms with E-state index in [-0.39, 0.29) is 34.4 Å². The third-order valence-electron chi connectivity index (χ3n) is 7.67. The Morgan fingerprint density at radius 2 is 1.16 bits per heavy atom. The first-order valence-electron chi connectivity index (χ1n) is 15.8. The molecule has 0 amide bonds. The van der Waals surface area contributed by atoms with Gasteiger partial charge >= 0.3 is 11.9 Å². The molecule has 0 aromatic carbocycles. The van der Waals surface area contributed by atoms with Crippen LogP contribution in [-0.2, 0) is 22.3 Å². The van der Waals surface area contributed by atoms with Gasteiger partial charge in [-0.15, -0.1) is 20.5 Å². The SMILES string of the molecule is CCCCc1nn(-c2cc(-n3nc(CCCC)c(N=Nc4[nH]nc(C)c4C(=O)OC)c3N)ncn2)c(N)c1N=Nc1[nH]nc(C)c1C(=O)OC. The van der Waals surface area contributed by atoms with Crippen molar-refractivity contribution in [1.29, 1.82) is 0 Å². The number of esters is 2. The molecule has 5 rings (SSSR count). The predicted octanol–water partition coefficient (Wildman–Crippen LogP) is 5.16. The van der Waals surface area contributed by atoms with Crippen LogP contribution in [0.1, 0.15) is 83.0 Å². The maximum Gasteiger partial charge on any atom is 0.343 e. The number of aryl methyl sites for hydroxylation is 4. The van der Waals surface area contributed by atoms with Gasteiger partial charge in [0, 0.05) is 6.07 Å². The number of ether oxygens (including phenoxy) is 2. The number of nitrogens with zero attached hydrogens (tertiary/aromatic N) is 12. The van der Waals surface area contributed by atoms with Gasteiger partial charge in [0.2, 0.25) is 0 Å². The van der Waals surface area contributed by atoms with Crippen LogP contribution in [0.2, 0.25) is 0 Å². The summed E-state index contributed by atoms with van der Waals surface area (Å²) < 4.78 is 12.6. The number of rotatable bonds is 14. The Morgan fingerprint density at radius 3 is 1.54 bits per heavy atom. The highest BCUT2D eigenvalue weighted by Crippen LogP contribution is 2.35. The molecular formula is C30H38N16O4. The highest BCUT2D eigenvalue weighted by molar-refractivity contribution is 5.95. The van der Waals surface area contributed by atoms with Gasteiger partial charge in [-0.2, -0.15) is 29.8 Å². The van der Waals surface area contributed by atoms with Crippen molar-refractivity contribution < 1.29 is 19.1 Å². The number of aromatic nitrogens is 10. The molecule has 0 unspecified atom stereocenters. The molecule has 20 nitrogen and oxygen atoms in total. The van der Waals surface area contributed by atoms with Crippen LogP contribution in [-0.4, -0.2) is 76.1 Å². The summed E-state index contributed by atoms with van der Waals surface area (Å²) in [5.41, 5.74) is 16.1. The van der Waals surface area contributed by atoms with Gasteiger partial charge in [0.25, 0.3) is 0 Å². The first-order valence-corrected chi connectivity index (χ1v) is 15.8. The summed E-state index contributed by atoms with van der Waals surface area (Å²) in [5.74, 6) is -0.0276. The zero-order valence-electron chi connectivity index (χ0n) is 28.6. The molecule has 0 aliphatic rings. The number of unbranched alkanes of at least 4 members (excludes halogenated alkanes) is 2. The topological polar surface area (TPSA) is 273 Å². The number of carbonyl (C=O) groups is 2. The second-order valence-corrected chi connectivity index (χ2v) is 11.1. The van der Waals surface area contributed by atoms with Gasteiger partial charge in [-0.25, -0.2) is 19.6 Å². The molecule has 5 heterocycles. The molecule has 20 heteroatoms. The minimum Gasteiger partial charge on any atom is -0.465 e. The molecule has 0 saturated carbocycles. The second-order valence-electron chi connectivity index (χ2n) is 11.1. The zero-order valence-corrected chi connectivity index (χ0v) is 28.6. The molecule has 0 saturated heterocycles. The average Bonchev–Trinajstić information content (AvgIpc) is 3.86. The lowest BCUT2D eigenvalue weighted by Crippen LogP contribution is -2.09. The van der Waals surface area contributed by atoms with E-state index in [0.29, 0.717) is 58.6 Å². The molecule has 6 N–H and O–H groups in total. The number of methoxy groups -OCH3 is 2. The van der Waals surface area contributed by atoms with Gasteiger partial charge in [0.15, 0.2) is 46.3 Å². The summed E-state index contributed by atoms with van der Waals surface area (Å²) in [6.45, 7) is 7.41. The Morgan fingerprint density at radius 1 is 0.740 bits per heavy atom. The van der Waals surface area contributed by atoms with Gasteiger partial charge in [0.1, 0.15) is 17.5 Å². The first kappa shape index (κ1) is 35.0. The largest absolute Gasteiger partial charge is 0.465 e. The summed E-state index contributed by atoms with van der Waals surface area (Å²) in [5, 5.41) is 40.1. The lowest BCUT2D eigenvalue weighted by molar-refractivity contribution is 0.0591. The van der Waals surface area contributed by atoms with E-state index in [2.05, 4.69) is 64.7 Å². The molecule has 5 aromatic rings. The lowest BCUT2D eigenvalue weighted by Gasteiger charge is -2.06. The van der Waals surface area contributed by atoms with E-state index >= 15 is 0 Å². The number of nitrogens with two attached hydrogens (primary N) is 2. The van der Waals surface area contributed by atoms with E-state index in [4.69, 9.17) is 31.1 Å². The average molecular weight is 687 g/mol. The van der Waals surface area contributed by atoms with Gasteiger partial charge in [-0.05, 0) is 39.5 Å². The van der Waals surface area contributed by atoms with Gasteiger partial charge in [-0.3, -0.25) is 10.2 Å². The highest BCUT2D eigenvalue weighted by atomic mass is 16.5. The zero-order chi connectivity index (χ0) is 35.9. The quantitative estimate of drug-likeness (QED) is 0.0870. The normalized spacial score (nSPS) is 11.6. The van der Waals surface area contributed by atoms with Gasteiger partial charge < -0.3 is 20.9 Å². The summed E-state index contributed by atoms with van der Waals surface area (Å²) in [6.07, 6.45) is 5.86. The van der Waals surface area contributed by atoms with Crippen LogP contribution < -0.4 is 11.5 Å². The number of hydrogen-bond donors (Lipinski definition) is 4. The van der Waals surface area contributed by atoms with Crippen molar-refractivity contribution in [3.8, 4) is 11.6 Å². The number of hydrogen-bond acceptors (Lipinski definition) is 16. The Hall–Kier alpha value is -6.34. The molecule has 0 aliphatic heterocycles. The molecule has 0 aliphatic carbocycles. The van der Waals surface area contributed by atoms with Crippen molar-refractivity contribution in [3.63, 3.8) is 0 Å². The van der Waals surface area contributed by atoms with E-state index < -0.39 is 11.9 Å². The van der Waals surface area contributed by atoms with Gasteiger partial charge in [0.05, 0.1) is 37.0 Å². The van der Waals surface area contributed by atoms with E-state index in [1.165, 1.54) is 29.9 Å². The predicted molar refractivity (Wildman–Crippen MR) is 180 cm³/mol. The van der Waals surface area contributed by atoms with Crippen molar-refractivity contribution >= 4 is 46.6 Å². The van der Waals surface area contributed by atoms with Crippen LogP contribution in [0.3, 0.4) is 0 Å². The maximum atomic E-state index is 12.3. The van der Waals surface area contributed by atoms with Crippen LogP contribution in [0.5, 0.6) is 0 Å².